The van der Waals surface area contributed by atoms with Crippen molar-refractivity contribution in [2.24, 2.45) is 5.11 Å². The minimum absolute atomic E-state index is 0.0808. The molecule has 5 nitrogen and oxygen atoms in total. The van der Waals surface area contributed by atoms with Crippen molar-refractivity contribution in [3.05, 3.63) is 75.4 Å². The van der Waals surface area contributed by atoms with E-state index in [1.807, 2.05) is 13.0 Å². The first-order chi connectivity index (χ1) is 13.0. The standard InChI is InChI=1S/C22H23N3O2/c1-14(24-25-23)20-12-17-8-6-16(11-21(17)27-20)5-4-15-7-9-19-18(10-15)22(2,3)13-26-19/h6-12,14H,4-5,13H2,1-3H3. The van der Waals surface area contributed by atoms with Gasteiger partial charge in [-0.15, -0.1) is 0 Å². The molecule has 0 spiro atoms. The lowest BCUT2D eigenvalue weighted by molar-refractivity contribution is 0.291. The number of azide groups is 1. The molecule has 1 aliphatic rings. The third-order valence-electron chi connectivity index (χ3n) is 5.30. The van der Waals surface area contributed by atoms with Crippen molar-refractivity contribution in [1.29, 1.82) is 0 Å². The van der Waals surface area contributed by atoms with E-state index in [1.54, 1.807) is 0 Å². The van der Waals surface area contributed by atoms with Crippen LogP contribution in [0.1, 0.15) is 49.3 Å². The highest BCUT2D eigenvalue weighted by atomic mass is 16.5. The molecule has 0 aliphatic carbocycles. The summed E-state index contributed by atoms with van der Waals surface area (Å²) in [5.41, 5.74) is 13.4. The Hall–Kier alpha value is -2.91. The highest BCUT2D eigenvalue weighted by molar-refractivity contribution is 5.78. The molecule has 1 atom stereocenters. The Morgan fingerprint density at radius 1 is 1.11 bits per heavy atom. The van der Waals surface area contributed by atoms with Gasteiger partial charge in [-0.2, -0.15) is 0 Å². The van der Waals surface area contributed by atoms with Crippen LogP contribution in [0.4, 0.5) is 0 Å². The van der Waals surface area contributed by atoms with Gasteiger partial charge in [0.15, 0.2) is 0 Å². The number of hydrogen-bond acceptors (Lipinski definition) is 3. The lowest BCUT2D eigenvalue weighted by atomic mass is 9.85. The molecule has 1 aliphatic heterocycles. The van der Waals surface area contributed by atoms with Gasteiger partial charge in [-0.05, 0) is 54.6 Å². The van der Waals surface area contributed by atoms with Gasteiger partial charge < -0.3 is 9.15 Å². The van der Waals surface area contributed by atoms with Gasteiger partial charge in [-0.1, -0.05) is 43.2 Å². The van der Waals surface area contributed by atoms with E-state index in [-0.39, 0.29) is 11.5 Å². The topological polar surface area (TPSA) is 71.1 Å². The SMILES string of the molecule is CC(N=[N+]=[N-])c1cc2ccc(CCc3ccc4c(c3)C(C)(C)CO4)cc2o1. The molecule has 3 aromatic rings. The minimum Gasteiger partial charge on any atom is -0.492 e. The van der Waals surface area contributed by atoms with Crippen LogP contribution in [-0.4, -0.2) is 6.61 Å². The molecule has 4 rings (SSSR count). The number of hydrogen-bond donors (Lipinski definition) is 0. The first-order valence-corrected chi connectivity index (χ1v) is 9.29. The van der Waals surface area contributed by atoms with Crippen molar-refractivity contribution < 1.29 is 9.15 Å². The summed E-state index contributed by atoms with van der Waals surface area (Å²) in [6.45, 7) is 7.03. The normalized spacial score (nSPS) is 15.8. The lowest BCUT2D eigenvalue weighted by Gasteiger charge is -2.15. The van der Waals surface area contributed by atoms with Crippen LogP contribution >= 0.6 is 0 Å². The zero-order chi connectivity index (χ0) is 19.0. The van der Waals surface area contributed by atoms with Crippen molar-refractivity contribution in [2.75, 3.05) is 6.61 Å². The molecular formula is C22H23N3O2. The predicted octanol–water partition coefficient (Wildman–Crippen LogP) is 6.26. The molecule has 0 amide bonds. The molecule has 138 valence electrons. The van der Waals surface area contributed by atoms with Crippen LogP contribution in [0.2, 0.25) is 0 Å². The molecule has 2 heterocycles. The van der Waals surface area contributed by atoms with E-state index in [0.717, 1.165) is 36.2 Å². The number of benzene rings is 2. The van der Waals surface area contributed by atoms with Crippen molar-refractivity contribution in [3.63, 3.8) is 0 Å². The minimum atomic E-state index is -0.303. The van der Waals surface area contributed by atoms with Crippen LogP contribution in [0.5, 0.6) is 5.75 Å². The maximum Gasteiger partial charge on any atom is 0.134 e. The second-order valence-corrected chi connectivity index (χ2v) is 7.90. The van der Waals surface area contributed by atoms with Gasteiger partial charge in [0.05, 0.1) is 12.6 Å². The summed E-state index contributed by atoms with van der Waals surface area (Å²) >= 11 is 0. The van der Waals surface area contributed by atoms with Crippen LogP contribution in [0, 0.1) is 0 Å². The summed E-state index contributed by atoms with van der Waals surface area (Å²) in [5, 5.41) is 4.74. The smallest absolute Gasteiger partial charge is 0.134 e. The highest BCUT2D eigenvalue weighted by Crippen LogP contribution is 2.38. The Labute approximate surface area is 158 Å². The quantitative estimate of drug-likeness (QED) is 0.306. The summed E-state index contributed by atoms with van der Waals surface area (Å²) in [6.07, 6.45) is 1.91. The monoisotopic (exact) mass is 361 g/mol. The zero-order valence-electron chi connectivity index (χ0n) is 15.9. The average Bonchev–Trinajstić information content (AvgIpc) is 3.21. The van der Waals surface area contributed by atoms with Gasteiger partial charge in [-0.3, -0.25) is 0 Å². The summed E-state index contributed by atoms with van der Waals surface area (Å²) in [5.74, 6) is 1.71. The second kappa shape index (κ2) is 6.67. The molecule has 0 N–H and O–H groups in total. The number of aryl methyl sites for hydroxylation is 2. The number of fused-ring (bicyclic) bond motifs is 2. The summed E-state index contributed by atoms with van der Waals surface area (Å²) < 4.78 is 11.7. The number of nitrogens with zero attached hydrogens (tertiary/aromatic N) is 3. The largest absolute Gasteiger partial charge is 0.492 e. The van der Waals surface area contributed by atoms with E-state index in [0.29, 0.717) is 5.76 Å². The van der Waals surface area contributed by atoms with Crippen molar-refractivity contribution in [2.45, 2.75) is 45.1 Å². The number of furan rings is 1. The van der Waals surface area contributed by atoms with Crippen LogP contribution < -0.4 is 4.74 Å². The molecule has 0 bridgehead atoms. The highest BCUT2D eigenvalue weighted by Gasteiger charge is 2.31. The Bertz CT molecular complexity index is 1040. The lowest BCUT2D eigenvalue weighted by Crippen LogP contribution is -2.18. The molecule has 1 aromatic heterocycles. The summed E-state index contributed by atoms with van der Waals surface area (Å²) in [6, 6.07) is 14.5. The first-order valence-electron chi connectivity index (χ1n) is 9.29. The Balaban J connectivity index is 1.52. The van der Waals surface area contributed by atoms with Crippen molar-refractivity contribution in [1.82, 2.24) is 0 Å². The molecule has 0 radical (unpaired) electrons. The van der Waals surface area contributed by atoms with Gasteiger partial charge in [0.25, 0.3) is 0 Å². The first kappa shape index (κ1) is 17.5. The average molecular weight is 361 g/mol. The van der Waals surface area contributed by atoms with Gasteiger partial charge in [0.1, 0.15) is 17.1 Å². The van der Waals surface area contributed by atoms with Crippen LogP contribution in [0.3, 0.4) is 0 Å². The summed E-state index contributed by atoms with van der Waals surface area (Å²) in [7, 11) is 0. The van der Waals surface area contributed by atoms with Crippen LogP contribution in [0.25, 0.3) is 21.4 Å². The molecule has 0 saturated heterocycles. The fraction of sp³-hybridized carbons (Fsp3) is 0.364. The molecule has 0 saturated carbocycles. The molecule has 2 aromatic carbocycles. The van der Waals surface area contributed by atoms with E-state index >= 15 is 0 Å². The predicted molar refractivity (Wildman–Crippen MR) is 106 cm³/mol. The molecule has 1 unspecified atom stereocenters. The van der Waals surface area contributed by atoms with Gasteiger partial charge in [0, 0.05) is 21.3 Å². The van der Waals surface area contributed by atoms with Gasteiger partial charge in [-0.25, -0.2) is 0 Å². The number of rotatable bonds is 5. The van der Waals surface area contributed by atoms with Gasteiger partial charge in [0.2, 0.25) is 0 Å². The molecule has 0 fully saturated rings. The van der Waals surface area contributed by atoms with E-state index in [2.05, 4.69) is 60.3 Å². The van der Waals surface area contributed by atoms with Crippen LogP contribution in [0.15, 0.2) is 52.0 Å². The van der Waals surface area contributed by atoms with E-state index < -0.39 is 0 Å². The van der Waals surface area contributed by atoms with E-state index in [9.17, 15) is 0 Å². The maximum atomic E-state index is 8.59. The van der Waals surface area contributed by atoms with Gasteiger partial charge >= 0.3 is 0 Å². The van der Waals surface area contributed by atoms with E-state index in [4.69, 9.17) is 14.7 Å². The third kappa shape index (κ3) is 3.38. The fourth-order valence-corrected chi connectivity index (χ4v) is 3.60. The Morgan fingerprint density at radius 2 is 1.85 bits per heavy atom. The van der Waals surface area contributed by atoms with Crippen molar-refractivity contribution >= 4 is 11.0 Å². The van der Waals surface area contributed by atoms with E-state index in [1.165, 1.54) is 16.7 Å². The Morgan fingerprint density at radius 3 is 2.63 bits per heavy atom. The molecule has 5 heteroatoms. The second-order valence-electron chi connectivity index (χ2n) is 7.90. The van der Waals surface area contributed by atoms with Crippen molar-refractivity contribution in [3.8, 4) is 5.75 Å². The molecular weight excluding hydrogens is 338 g/mol. The molecule has 27 heavy (non-hydrogen) atoms. The maximum absolute atomic E-state index is 8.59. The zero-order valence-corrected chi connectivity index (χ0v) is 15.9. The van der Waals surface area contributed by atoms with Crippen LogP contribution in [-0.2, 0) is 18.3 Å². The summed E-state index contributed by atoms with van der Waals surface area (Å²) in [4.78, 5) is 2.85. The number of ether oxygens (including phenoxy) is 1. The fourth-order valence-electron chi connectivity index (χ4n) is 3.60. The Kier molecular flexibility index (Phi) is 4.33. The third-order valence-corrected chi connectivity index (χ3v) is 5.30.